The van der Waals surface area contributed by atoms with Gasteiger partial charge in [-0.2, -0.15) is 0 Å². The van der Waals surface area contributed by atoms with Crippen LogP contribution in [0.2, 0.25) is 0 Å². The van der Waals surface area contributed by atoms with Gasteiger partial charge in [0.05, 0.1) is 6.10 Å². The Balaban J connectivity index is 1.25. The second-order valence-corrected chi connectivity index (χ2v) is 11.6. The highest BCUT2D eigenvalue weighted by molar-refractivity contribution is 5.33. The summed E-state index contributed by atoms with van der Waals surface area (Å²) < 4.78 is 5.74. The van der Waals surface area contributed by atoms with E-state index in [1.807, 2.05) is 13.2 Å². The van der Waals surface area contributed by atoms with E-state index in [4.69, 9.17) is 4.74 Å². The van der Waals surface area contributed by atoms with E-state index in [1.54, 1.807) is 51.4 Å². The Labute approximate surface area is 174 Å². The van der Waals surface area contributed by atoms with E-state index >= 15 is 0 Å². The van der Waals surface area contributed by atoms with Crippen LogP contribution in [-0.2, 0) is 4.74 Å². The summed E-state index contributed by atoms with van der Waals surface area (Å²) >= 11 is 0. The van der Waals surface area contributed by atoms with Crippen LogP contribution in [0.25, 0.3) is 0 Å². The lowest BCUT2D eigenvalue weighted by molar-refractivity contribution is 0.0276. The van der Waals surface area contributed by atoms with Gasteiger partial charge >= 0.3 is 0 Å². The molecular formula is C27H44O. The van der Waals surface area contributed by atoms with Crippen LogP contribution in [0.4, 0.5) is 0 Å². The average Bonchev–Trinajstić information content (AvgIpc) is 2.97. The Morgan fingerprint density at radius 2 is 1.86 bits per heavy atom. The predicted molar refractivity (Wildman–Crippen MR) is 117 cm³/mol. The highest BCUT2D eigenvalue weighted by Gasteiger charge is 2.85. The third-order valence-corrected chi connectivity index (χ3v) is 11.3. The molecule has 0 N–H and O–H groups in total. The van der Waals surface area contributed by atoms with Crippen molar-refractivity contribution in [3.05, 3.63) is 12.7 Å². The Morgan fingerprint density at radius 3 is 2.68 bits per heavy atom. The van der Waals surface area contributed by atoms with Crippen LogP contribution in [0.1, 0.15) is 103 Å². The van der Waals surface area contributed by atoms with E-state index in [1.165, 1.54) is 32.1 Å². The molecule has 158 valence electrons. The SMILES string of the molecule is C=CCCC(CCCC1CCC2C1(C)CCC1C34CCCCC3CCC214)OC. The molecule has 5 rings (SSSR count). The van der Waals surface area contributed by atoms with Crippen molar-refractivity contribution >= 4 is 0 Å². The monoisotopic (exact) mass is 384 g/mol. The van der Waals surface area contributed by atoms with Gasteiger partial charge in [-0.15, -0.1) is 6.58 Å². The van der Waals surface area contributed by atoms with Gasteiger partial charge in [0.15, 0.2) is 0 Å². The van der Waals surface area contributed by atoms with E-state index < -0.39 is 0 Å². The average molecular weight is 385 g/mol. The summed E-state index contributed by atoms with van der Waals surface area (Å²) in [6.45, 7) is 6.62. The minimum Gasteiger partial charge on any atom is -0.381 e. The van der Waals surface area contributed by atoms with Crippen molar-refractivity contribution in [2.24, 2.45) is 39.9 Å². The molecule has 0 bridgehead atoms. The Morgan fingerprint density at radius 1 is 0.964 bits per heavy atom. The van der Waals surface area contributed by atoms with Crippen molar-refractivity contribution in [2.75, 3.05) is 7.11 Å². The molecule has 2 spiro atoms. The summed E-state index contributed by atoms with van der Waals surface area (Å²) in [5.74, 6) is 4.34. The first-order chi connectivity index (χ1) is 13.6. The molecule has 0 saturated heterocycles. The fraction of sp³-hybridized carbons (Fsp3) is 0.926. The molecule has 8 unspecified atom stereocenters. The van der Waals surface area contributed by atoms with Crippen LogP contribution < -0.4 is 0 Å². The zero-order valence-electron chi connectivity index (χ0n) is 18.7. The molecule has 0 aromatic heterocycles. The molecule has 1 nitrogen and oxygen atoms in total. The van der Waals surface area contributed by atoms with Crippen LogP contribution in [-0.4, -0.2) is 13.2 Å². The van der Waals surface area contributed by atoms with Gasteiger partial charge in [0.2, 0.25) is 0 Å². The van der Waals surface area contributed by atoms with Gasteiger partial charge in [0.1, 0.15) is 0 Å². The van der Waals surface area contributed by atoms with Gasteiger partial charge in [0, 0.05) is 7.11 Å². The number of hydrogen-bond donors (Lipinski definition) is 0. The highest BCUT2D eigenvalue weighted by atomic mass is 16.5. The summed E-state index contributed by atoms with van der Waals surface area (Å²) in [7, 11) is 1.90. The van der Waals surface area contributed by atoms with Crippen LogP contribution >= 0.6 is 0 Å². The quantitative estimate of drug-likeness (QED) is 0.392. The third kappa shape index (κ3) is 2.47. The van der Waals surface area contributed by atoms with Crippen LogP contribution in [0.5, 0.6) is 0 Å². The zero-order valence-corrected chi connectivity index (χ0v) is 18.7. The van der Waals surface area contributed by atoms with E-state index in [9.17, 15) is 0 Å². The zero-order chi connectivity index (χ0) is 19.4. The normalized spacial score (nSPS) is 49.6. The van der Waals surface area contributed by atoms with Crippen LogP contribution in [0.15, 0.2) is 12.7 Å². The lowest BCUT2D eigenvalue weighted by Gasteiger charge is -2.45. The lowest BCUT2D eigenvalue weighted by Crippen LogP contribution is -2.38. The van der Waals surface area contributed by atoms with Crippen molar-refractivity contribution in [3.8, 4) is 0 Å². The van der Waals surface area contributed by atoms with E-state index in [0.717, 1.165) is 47.3 Å². The van der Waals surface area contributed by atoms with Crippen molar-refractivity contribution in [2.45, 2.75) is 109 Å². The molecule has 5 aliphatic rings. The van der Waals surface area contributed by atoms with E-state index in [2.05, 4.69) is 13.5 Å². The third-order valence-electron chi connectivity index (χ3n) is 11.3. The first-order valence-electron chi connectivity index (χ1n) is 12.8. The van der Waals surface area contributed by atoms with Crippen molar-refractivity contribution in [1.82, 2.24) is 0 Å². The van der Waals surface area contributed by atoms with Crippen LogP contribution in [0, 0.1) is 39.9 Å². The molecular weight excluding hydrogens is 340 g/mol. The molecule has 0 heterocycles. The Kier molecular flexibility index (Phi) is 5.01. The number of methoxy groups -OCH3 is 1. The van der Waals surface area contributed by atoms with Gasteiger partial charge in [-0.1, -0.05) is 32.3 Å². The Bertz CT molecular complexity index is 597. The number of ether oxygens (including phenoxy) is 1. The highest BCUT2D eigenvalue weighted by Crippen LogP contribution is 2.91. The summed E-state index contributed by atoms with van der Waals surface area (Å²) in [4.78, 5) is 0. The van der Waals surface area contributed by atoms with Crippen molar-refractivity contribution < 1.29 is 4.74 Å². The molecule has 1 heteroatoms. The minimum absolute atomic E-state index is 0.446. The maximum absolute atomic E-state index is 5.74. The minimum atomic E-state index is 0.446. The molecule has 0 aliphatic heterocycles. The molecule has 0 aromatic rings. The molecule has 0 radical (unpaired) electrons. The topological polar surface area (TPSA) is 9.23 Å². The molecule has 5 fully saturated rings. The van der Waals surface area contributed by atoms with Crippen molar-refractivity contribution in [3.63, 3.8) is 0 Å². The van der Waals surface area contributed by atoms with Gasteiger partial charge in [0.25, 0.3) is 0 Å². The second kappa shape index (κ2) is 7.14. The first kappa shape index (κ1) is 19.7. The largest absolute Gasteiger partial charge is 0.381 e. The second-order valence-electron chi connectivity index (χ2n) is 11.6. The molecule has 5 aliphatic carbocycles. The van der Waals surface area contributed by atoms with E-state index in [0.29, 0.717) is 11.5 Å². The molecule has 0 amide bonds. The number of fused-ring (bicyclic) bond motifs is 1. The van der Waals surface area contributed by atoms with Crippen LogP contribution in [0.3, 0.4) is 0 Å². The summed E-state index contributed by atoms with van der Waals surface area (Å²) in [6, 6.07) is 0. The number of rotatable bonds is 8. The fourth-order valence-corrected chi connectivity index (χ4v) is 10.3. The maximum atomic E-state index is 5.74. The molecule has 5 saturated carbocycles. The summed E-state index contributed by atoms with van der Waals surface area (Å²) in [5.41, 5.74) is 2.32. The van der Waals surface area contributed by atoms with Gasteiger partial charge in [-0.3, -0.25) is 0 Å². The summed E-state index contributed by atoms with van der Waals surface area (Å²) in [5, 5.41) is 0. The predicted octanol–water partition coefficient (Wildman–Crippen LogP) is 7.55. The van der Waals surface area contributed by atoms with Gasteiger partial charge in [-0.05, 0) is 117 Å². The maximum Gasteiger partial charge on any atom is 0.0574 e. The number of hydrogen-bond acceptors (Lipinski definition) is 1. The molecule has 0 aromatic carbocycles. The van der Waals surface area contributed by atoms with Crippen molar-refractivity contribution in [1.29, 1.82) is 0 Å². The Hall–Kier alpha value is -0.300. The fourth-order valence-electron chi connectivity index (χ4n) is 10.3. The number of allylic oxidation sites excluding steroid dienone is 1. The molecule has 28 heavy (non-hydrogen) atoms. The van der Waals surface area contributed by atoms with Gasteiger partial charge < -0.3 is 4.74 Å². The smallest absolute Gasteiger partial charge is 0.0574 e. The van der Waals surface area contributed by atoms with Gasteiger partial charge in [-0.25, -0.2) is 0 Å². The molecule has 8 atom stereocenters. The van der Waals surface area contributed by atoms with E-state index in [-0.39, 0.29) is 0 Å². The first-order valence-corrected chi connectivity index (χ1v) is 12.8. The summed E-state index contributed by atoms with van der Waals surface area (Å²) in [6.07, 6.45) is 24.5. The standard InChI is InChI=1S/C27H44O/c1-4-5-11-22(28-3)12-8-10-20-13-14-23-25(20,2)18-16-24-26-17-7-6-9-21(26)15-19-27(23,24)26/h4,20-24H,1,5-19H2,2-3H3. The lowest BCUT2D eigenvalue weighted by atomic mass is 9.59.